The topological polar surface area (TPSA) is 62.3 Å². The molecule has 1 fully saturated rings. The van der Waals surface area contributed by atoms with Crippen LogP contribution in [0.1, 0.15) is 69.8 Å². The molecule has 0 unspecified atom stereocenters. The van der Waals surface area contributed by atoms with Gasteiger partial charge in [0.15, 0.2) is 0 Å². The summed E-state index contributed by atoms with van der Waals surface area (Å²) in [5.74, 6) is -0.0601. The van der Waals surface area contributed by atoms with Crippen molar-refractivity contribution in [1.29, 1.82) is 0 Å². The van der Waals surface area contributed by atoms with Crippen molar-refractivity contribution in [3.05, 3.63) is 44.4 Å². The number of amides is 2. The Bertz CT molecular complexity index is 857. The second-order valence-electron chi connectivity index (χ2n) is 7.12. The predicted octanol–water partition coefficient (Wildman–Crippen LogP) is 5.11. The number of halogens is 1. The summed E-state index contributed by atoms with van der Waals surface area (Å²) in [5, 5.41) is 4.28. The van der Waals surface area contributed by atoms with E-state index in [0.29, 0.717) is 26.8 Å². The van der Waals surface area contributed by atoms with Crippen molar-refractivity contribution in [2.45, 2.75) is 46.0 Å². The molecule has 0 spiro atoms. The van der Waals surface area contributed by atoms with Gasteiger partial charge in [-0.05, 0) is 44.4 Å². The van der Waals surface area contributed by atoms with Crippen LogP contribution < -0.4 is 5.32 Å². The molecule has 0 radical (unpaired) electrons. The number of benzene rings is 1. The molecule has 1 aliphatic rings. The smallest absolute Gasteiger partial charge is 0.267 e. The van der Waals surface area contributed by atoms with Gasteiger partial charge in [0.1, 0.15) is 4.88 Å². The third-order valence-electron chi connectivity index (χ3n) is 4.62. The number of aromatic nitrogens is 1. The molecule has 0 aliphatic carbocycles. The minimum absolute atomic E-state index is 0.0643. The molecule has 2 aromatic rings. The van der Waals surface area contributed by atoms with E-state index in [0.717, 1.165) is 37.4 Å². The van der Waals surface area contributed by atoms with Crippen LogP contribution in [0.15, 0.2) is 18.2 Å². The summed E-state index contributed by atoms with van der Waals surface area (Å²) in [7, 11) is 0. The van der Waals surface area contributed by atoms with E-state index in [-0.39, 0.29) is 17.7 Å². The number of carbonyl (C=O) groups is 2. The lowest BCUT2D eigenvalue weighted by Crippen LogP contribution is -2.36. The molecule has 0 bridgehead atoms. The van der Waals surface area contributed by atoms with Gasteiger partial charge in [-0.3, -0.25) is 9.59 Å². The monoisotopic (exact) mass is 405 g/mol. The molecule has 1 aliphatic heterocycles. The van der Waals surface area contributed by atoms with Crippen LogP contribution in [0.25, 0.3) is 0 Å². The van der Waals surface area contributed by atoms with Crippen LogP contribution in [0.3, 0.4) is 0 Å². The molecule has 7 heteroatoms. The number of rotatable bonds is 4. The predicted molar refractivity (Wildman–Crippen MR) is 110 cm³/mol. The Morgan fingerprint density at radius 3 is 2.56 bits per heavy atom. The Morgan fingerprint density at radius 2 is 1.93 bits per heavy atom. The van der Waals surface area contributed by atoms with Crippen molar-refractivity contribution in [3.63, 3.8) is 0 Å². The average molecular weight is 406 g/mol. The molecule has 1 aromatic heterocycles. The first-order valence-electron chi connectivity index (χ1n) is 9.24. The first-order chi connectivity index (χ1) is 12.9. The maximum absolute atomic E-state index is 12.9. The van der Waals surface area contributed by atoms with Crippen molar-refractivity contribution in [2.75, 3.05) is 18.4 Å². The van der Waals surface area contributed by atoms with Gasteiger partial charge in [0, 0.05) is 24.0 Å². The normalized spacial score (nSPS) is 14.5. The van der Waals surface area contributed by atoms with E-state index < -0.39 is 0 Å². The second-order valence-corrected chi connectivity index (χ2v) is 8.59. The molecular weight excluding hydrogens is 382 g/mol. The quantitative estimate of drug-likeness (QED) is 0.768. The molecular formula is C20H24ClN3O2S. The van der Waals surface area contributed by atoms with Gasteiger partial charge in [-0.1, -0.05) is 25.4 Å². The molecule has 5 nitrogen and oxygen atoms in total. The highest BCUT2D eigenvalue weighted by atomic mass is 35.5. The van der Waals surface area contributed by atoms with Crippen LogP contribution in [0.4, 0.5) is 5.69 Å². The van der Waals surface area contributed by atoms with Gasteiger partial charge in [0.25, 0.3) is 11.8 Å². The third kappa shape index (κ3) is 4.50. The number of piperidine rings is 1. The van der Waals surface area contributed by atoms with E-state index in [9.17, 15) is 9.59 Å². The highest BCUT2D eigenvalue weighted by Crippen LogP contribution is 2.28. The van der Waals surface area contributed by atoms with Crippen LogP contribution in [-0.2, 0) is 0 Å². The zero-order chi connectivity index (χ0) is 19.6. The van der Waals surface area contributed by atoms with E-state index in [1.54, 1.807) is 18.2 Å². The number of carbonyl (C=O) groups excluding carboxylic acids is 2. The molecule has 144 valence electrons. The van der Waals surface area contributed by atoms with Crippen LogP contribution in [0.5, 0.6) is 0 Å². The van der Waals surface area contributed by atoms with Crippen molar-refractivity contribution in [1.82, 2.24) is 9.88 Å². The minimum atomic E-state index is -0.258. The number of anilines is 1. The Hall–Kier alpha value is -1.92. The fourth-order valence-corrected chi connectivity index (χ4v) is 4.26. The minimum Gasteiger partial charge on any atom is -0.339 e. The fraction of sp³-hybridized carbons (Fsp3) is 0.450. The fourth-order valence-electron chi connectivity index (χ4n) is 3.13. The maximum Gasteiger partial charge on any atom is 0.267 e. The van der Waals surface area contributed by atoms with Crippen LogP contribution in [0, 0.1) is 6.92 Å². The van der Waals surface area contributed by atoms with Crippen LogP contribution in [-0.4, -0.2) is 34.8 Å². The molecule has 27 heavy (non-hydrogen) atoms. The first-order valence-corrected chi connectivity index (χ1v) is 10.4. The van der Waals surface area contributed by atoms with Crippen LogP contribution >= 0.6 is 22.9 Å². The Labute approximate surface area is 168 Å². The van der Waals surface area contributed by atoms with E-state index in [1.165, 1.54) is 11.3 Å². The van der Waals surface area contributed by atoms with E-state index in [1.807, 2.05) is 25.7 Å². The molecule has 3 rings (SSSR count). The van der Waals surface area contributed by atoms with Gasteiger partial charge in [0.2, 0.25) is 0 Å². The largest absolute Gasteiger partial charge is 0.339 e. The molecule has 1 N–H and O–H groups in total. The van der Waals surface area contributed by atoms with Gasteiger partial charge in [-0.2, -0.15) is 0 Å². The zero-order valence-electron chi connectivity index (χ0n) is 15.8. The average Bonchev–Trinajstić information content (AvgIpc) is 3.04. The van der Waals surface area contributed by atoms with Crippen molar-refractivity contribution in [2.24, 2.45) is 0 Å². The molecule has 2 heterocycles. The van der Waals surface area contributed by atoms with Gasteiger partial charge in [-0.15, -0.1) is 11.3 Å². The number of likely N-dealkylation sites (tertiary alicyclic amines) is 1. The number of thiazole rings is 1. The van der Waals surface area contributed by atoms with Gasteiger partial charge < -0.3 is 10.2 Å². The standard InChI is InChI=1S/C20H24ClN3O2S/c1-12(2)19-22-13(3)17(27-19)18(25)23-16-11-14(21)7-8-15(16)20(26)24-9-5-4-6-10-24/h7-8,11-12H,4-6,9-10H2,1-3H3,(H,23,25). The number of hydrogen-bond donors (Lipinski definition) is 1. The maximum atomic E-state index is 12.9. The summed E-state index contributed by atoms with van der Waals surface area (Å²) in [5.41, 5.74) is 1.62. The lowest BCUT2D eigenvalue weighted by Gasteiger charge is -2.27. The summed E-state index contributed by atoms with van der Waals surface area (Å²) in [6.45, 7) is 7.43. The zero-order valence-corrected chi connectivity index (χ0v) is 17.4. The summed E-state index contributed by atoms with van der Waals surface area (Å²) >= 11 is 7.52. The van der Waals surface area contributed by atoms with Crippen molar-refractivity contribution in [3.8, 4) is 0 Å². The summed E-state index contributed by atoms with van der Waals surface area (Å²) in [6, 6.07) is 5.01. The first kappa shape index (κ1) is 19.8. The lowest BCUT2D eigenvalue weighted by molar-refractivity contribution is 0.0725. The third-order valence-corrected chi connectivity index (χ3v) is 6.31. The lowest BCUT2D eigenvalue weighted by atomic mass is 10.1. The van der Waals surface area contributed by atoms with E-state index >= 15 is 0 Å². The Balaban J connectivity index is 1.86. The number of aryl methyl sites for hydroxylation is 1. The number of hydrogen-bond acceptors (Lipinski definition) is 4. The molecule has 1 saturated heterocycles. The second kappa shape index (κ2) is 8.40. The molecule has 2 amide bonds. The summed E-state index contributed by atoms with van der Waals surface area (Å²) in [6.07, 6.45) is 3.18. The highest BCUT2D eigenvalue weighted by molar-refractivity contribution is 7.14. The Morgan fingerprint density at radius 1 is 1.22 bits per heavy atom. The van der Waals surface area contributed by atoms with Gasteiger partial charge >= 0.3 is 0 Å². The summed E-state index contributed by atoms with van der Waals surface area (Å²) < 4.78 is 0. The van der Waals surface area contributed by atoms with Gasteiger partial charge in [-0.25, -0.2) is 4.98 Å². The van der Waals surface area contributed by atoms with E-state index in [4.69, 9.17) is 11.6 Å². The van der Waals surface area contributed by atoms with Crippen molar-refractivity contribution < 1.29 is 9.59 Å². The summed E-state index contributed by atoms with van der Waals surface area (Å²) in [4.78, 5) is 32.6. The Kier molecular flexibility index (Phi) is 6.17. The van der Waals surface area contributed by atoms with Gasteiger partial charge in [0.05, 0.1) is 22.0 Å². The SMILES string of the molecule is Cc1nc(C(C)C)sc1C(=O)Nc1cc(Cl)ccc1C(=O)N1CCCCC1. The van der Waals surface area contributed by atoms with Crippen molar-refractivity contribution >= 4 is 40.4 Å². The highest BCUT2D eigenvalue weighted by Gasteiger charge is 2.23. The molecule has 0 atom stereocenters. The molecule has 0 saturated carbocycles. The van der Waals surface area contributed by atoms with Crippen LogP contribution in [0.2, 0.25) is 5.02 Å². The number of nitrogens with one attached hydrogen (secondary N) is 1. The molecule has 1 aromatic carbocycles. The van der Waals surface area contributed by atoms with E-state index in [2.05, 4.69) is 10.3 Å². The number of nitrogens with zero attached hydrogens (tertiary/aromatic N) is 2.